The summed E-state index contributed by atoms with van der Waals surface area (Å²) < 4.78 is 12.2. The van der Waals surface area contributed by atoms with Crippen molar-refractivity contribution in [2.24, 2.45) is 4.99 Å². The molecule has 5 nitrogen and oxygen atoms in total. The van der Waals surface area contributed by atoms with Gasteiger partial charge in [-0.3, -0.25) is 14.7 Å². The minimum atomic E-state index is 0.0622. The topological polar surface area (TPSA) is 51.1 Å². The molecule has 0 atom stereocenters. The largest absolute Gasteiger partial charge is 0.490 e. The maximum Gasteiger partial charge on any atom is 0.266 e. The molecule has 0 N–H and O–H groups in total. The summed E-state index contributed by atoms with van der Waals surface area (Å²) >= 11 is 8.32. The number of halogens is 1. The molecule has 1 heterocycles. The Kier molecular flexibility index (Phi) is 9.40. The molecule has 3 aromatic carbocycles. The van der Waals surface area contributed by atoms with E-state index in [-0.39, 0.29) is 11.9 Å². The third-order valence-corrected chi connectivity index (χ3v) is 9.75. The number of thioether (sulfide) groups is 1. The van der Waals surface area contributed by atoms with Crippen molar-refractivity contribution in [3.63, 3.8) is 0 Å². The van der Waals surface area contributed by atoms with E-state index in [0.717, 1.165) is 42.0 Å². The summed E-state index contributed by atoms with van der Waals surface area (Å²) in [6.07, 6.45) is 13.6. The number of benzene rings is 3. The molecule has 1 aliphatic heterocycles. The molecule has 0 unspecified atom stereocenters. The molecule has 3 aromatic rings. The van der Waals surface area contributed by atoms with Gasteiger partial charge in [0.25, 0.3) is 5.91 Å². The zero-order chi connectivity index (χ0) is 28.9. The number of carbonyl (C=O) groups excluding carboxylic acids is 1. The number of carbonyl (C=O) groups is 1. The summed E-state index contributed by atoms with van der Waals surface area (Å²) in [6, 6.07) is 18.9. The molecule has 0 bridgehead atoms. The van der Waals surface area contributed by atoms with Crippen LogP contribution in [0.15, 0.2) is 64.5 Å². The van der Waals surface area contributed by atoms with E-state index in [9.17, 15) is 4.79 Å². The van der Waals surface area contributed by atoms with Gasteiger partial charge >= 0.3 is 0 Å². The van der Waals surface area contributed by atoms with Crippen molar-refractivity contribution in [2.75, 3.05) is 6.61 Å². The molecule has 1 saturated heterocycles. The Hall–Kier alpha value is -2.96. The van der Waals surface area contributed by atoms with E-state index in [2.05, 4.69) is 30.3 Å². The van der Waals surface area contributed by atoms with Gasteiger partial charge in [0.15, 0.2) is 16.7 Å². The lowest BCUT2D eigenvalue weighted by Gasteiger charge is -2.31. The summed E-state index contributed by atoms with van der Waals surface area (Å²) in [6.45, 7) is 2.79. The van der Waals surface area contributed by atoms with Crippen LogP contribution < -0.4 is 9.47 Å². The zero-order valence-electron chi connectivity index (χ0n) is 24.3. The second-order valence-corrected chi connectivity index (χ2v) is 12.9. The quantitative estimate of drug-likeness (QED) is 0.241. The molecule has 3 fully saturated rings. The van der Waals surface area contributed by atoms with E-state index in [0.29, 0.717) is 40.7 Å². The molecule has 2 saturated carbocycles. The minimum absolute atomic E-state index is 0.0622. The number of ether oxygens (including phenoxy) is 2. The number of fused-ring (bicyclic) bond motifs is 1. The van der Waals surface area contributed by atoms with Crippen LogP contribution >= 0.6 is 23.4 Å². The van der Waals surface area contributed by atoms with Crippen LogP contribution in [-0.2, 0) is 11.4 Å². The molecule has 1 amide bonds. The molecule has 7 heteroatoms. The van der Waals surface area contributed by atoms with Crippen LogP contribution in [0.4, 0.5) is 0 Å². The van der Waals surface area contributed by atoms with Gasteiger partial charge in [-0.15, -0.1) is 0 Å². The lowest BCUT2D eigenvalue weighted by molar-refractivity contribution is -0.124. The predicted molar refractivity (Wildman–Crippen MR) is 174 cm³/mol. The van der Waals surface area contributed by atoms with E-state index in [1.54, 1.807) is 0 Å². The standard InChI is InChI=1S/C35H39ClN2O3S/c1-2-40-31-21-25(20-30(36)33(31)41-23-24-17-18-26-11-9-10-12-27(26)19-24)22-32-34(39)38(29-15-7-4-8-16-29)35(42-32)37-28-13-5-3-6-14-28/h9-12,17-22,28-29H,2-8,13-16,23H2,1H3. The van der Waals surface area contributed by atoms with E-state index >= 15 is 0 Å². The maximum atomic E-state index is 13.8. The molecule has 2 aliphatic carbocycles. The van der Waals surface area contributed by atoms with Crippen molar-refractivity contribution in [3.05, 3.63) is 75.7 Å². The first-order valence-electron chi connectivity index (χ1n) is 15.5. The summed E-state index contributed by atoms with van der Waals surface area (Å²) in [4.78, 5) is 21.7. The molecule has 220 valence electrons. The highest BCUT2D eigenvalue weighted by molar-refractivity contribution is 8.18. The third-order valence-electron chi connectivity index (χ3n) is 8.47. The van der Waals surface area contributed by atoms with Crippen LogP contribution in [0.1, 0.15) is 82.3 Å². The second kappa shape index (κ2) is 13.6. The lowest BCUT2D eigenvalue weighted by Crippen LogP contribution is -2.41. The van der Waals surface area contributed by atoms with Crippen LogP contribution in [0, 0.1) is 0 Å². The Morgan fingerprint density at radius 1 is 0.929 bits per heavy atom. The normalized spacial score (nSPS) is 20.6. The van der Waals surface area contributed by atoms with Crippen molar-refractivity contribution in [1.29, 1.82) is 0 Å². The molecule has 42 heavy (non-hydrogen) atoms. The van der Waals surface area contributed by atoms with Gasteiger partial charge in [0, 0.05) is 6.04 Å². The molecule has 6 rings (SSSR count). The summed E-state index contributed by atoms with van der Waals surface area (Å²) in [5, 5.41) is 3.71. The number of aliphatic imine (C=N–C) groups is 1. The Morgan fingerprint density at radius 2 is 1.67 bits per heavy atom. The summed E-state index contributed by atoms with van der Waals surface area (Å²) in [5.74, 6) is 1.16. The number of nitrogens with zero attached hydrogens (tertiary/aromatic N) is 2. The predicted octanol–water partition coefficient (Wildman–Crippen LogP) is 9.41. The van der Waals surface area contributed by atoms with Crippen molar-refractivity contribution in [1.82, 2.24) is 4.90 Å². The SMILES string of the molecule is CCOc1cc(C=C2SC(=NC3CCCCC3)N(C3CCCCC3)C2=O)cc(Cl)c1OCc1ccc2ccccc2c1. The second-order valence-electron chi connectivity index (χ2n) is 11.5. The fourth-order valence-electron chi connectivity index (χ4n) is 6.31. The Balaban J connectivity index is 1.25. The van der Waals surface area contributed by atoms with Gasteiger partial charge in [0.1, 0.15) is 6.61 Å². The van der Waals surface area contributed by atoms with Crippen molar-refractivity contribution >= 4 is 51.3 Å². The van der Waals surface area contributed by atoms with E-state index in [4.69, 9.17) is 26.1 Å². The fraction of sp³-hybridized carbons (Fsp3) is 0.429. The molecular formula is C35H39ClN2O3S. The van der Waals surface area contributed by atoms with Gasteiger partial charge in [0.05, 0.1) is 22.6 Å². The van der Waals surface area contributed by atoms with Crippen LogP contribution in [0.2, 0.25) is 5.02 Å². The zero-order valence-corrected chi connectivity index (χ0v) is 25.9. The molecule has 0 spiro atoms. The number of hydrogen-bond donors (Lipinski definition) is 0. The highest BCUT2D eigenvalue weighted by atomic mass is 35.5. The van der Waals surface area contributed by atoms with Gasteiger partial charge < -0.3 is 9.47 Å². The molecule has 3 aliphatic rings. The van der Waals surface area contributed by atoms with Crippen molar-refractivity contribution in [3.8, 4) is 11.5 Å². The average Bonchev–Trinajstić information content (AvgIpc) is 3.31. The fourth-order valence-corrected chi connectivity index (χ4v) is 7.70. The van der Waals surface area contributed by atoms with E-state index < -0.39 is 0 Å². The van der Waals surface area contributed by atoms with Gasteiger partial charge in [-0.1, -0.05) is 86.5 Å². The van der Waals surface area contributed by atoms with E-state index in [1.165, 1.54) is 61.1 Å². The summed E-state index contributed by atoms with van der Waals surface area (Å²) in [5.41, 5.74) is 1.87. The molecule has 0 radical (unpaired) electrons. The maximum absolute atomic E-state index is 13.8. The number of rotatable bonds is 8. The Labute approximate surface area is 258 Å². The van der Waals surface area contributed by atoms with E-state index in [1.807, 2.05) is 42.2 Å². The number of amides is 1. The third kappa shape index (κ3) is 6.65. The highest BCUT2D eigenvalue weighted by Gasteiger charge is 2.39. The summed E-state index contributed by atoms with van der Waals surface area (Å²) in [7, 11) is 0. The van der Waals surface area contributed by atoms with Crippen molar-refractivity contribution < 1.29 is 14.3 Å². The number of hydrogen-bond acceptors (Lipinski definition) is 5. The molecular weight excluding hydrogens is 564 g/mol. The minimum Gasteiger partial charge on any atom is -0.490 e. The smallest absolute Gasteiger partial charge is 0.266 e. The molecule has 0 aromatic heterocycles. The van der Waals surface area contributed by atoms with Crippen LogP contribution in [0.5, 0.6) is 11.5 Å². The van der Waals surface area contributed by atoms with Crippen LogP contribution in [0.3, 0.4) is 0 Å². The lowest BCUT2D eigenvalue weighted by atomic mass is 9.94. The Bertz CT molecular complexity index is 1490. The van der Waals surface area contributed by atoms with Crippen LogP contribution in [0.25, 0.3) is 16.8 Å². The van der Waals surface area contributed by atoms with Gasteiger partial charge in [-0.05, 0) is 90.5 Å². The first kappa shape index (κ1) is 29.1. The van der Waals surface area contributed by atoms with Crippen LogP contribution in [-0.4, -0.2) is 34.7 Å². The number of amidine groups is 1. The van der Waals surface area contributed by atoms with Gasteiger partial charge in [-0.25, -0.2) is 0 Å². The average molecular weight is 603 g/mol. The van der Waals surface area contributed by atoms with Gasteiger partial charge in [0.2, 0.25) is 0 Å². The first-order chi connectivity index (χ1) is 20.6. The Morgan fingerprint density at radius 3 is 2.43 bits per heavy atom. The van der Waals surface area contributed by atoms with Crippen molar-refractivity contribution in [2.45, 2.75) is 89.8 Å². The first-order valence-corrected chi connectivity index (χ1v) is 16.7. The van der Waals surface area contributed by atoms with Gasteiger partial charge in [-0.2, -0.15) is 0 Å². The highest BCUT2D eigenvalue weighted by Crippen LogP contribution is 2.41. The monoisotopic (exact) mass is 602 g/mol.